The van der Waals surface area contributed by atoms with Gasteiger partial charge in [0.2, 0.25) is 0 Å². The smallest absolute Gasteiger partial charge is 0.377 e. The van der Waals surface area contributed by atoms with Gasteiger partial charge in [-0.3, -0.25) is 0 Å². The first-order valence-electron chi connectivity index (χ1n) is 7.32. The van der Waals surface area contributed by atoms with Crippen molar-refractivity contribution in [3.63, 3.8) is 0 Å². The Morgan fingerprint density at radius 3 is 1.48 bits per heavy atom. The van der Waals surface area contributed by atoms with Crippen molar-refractivity contribution in [1.29, 1.82) is 0 Å². The van der Waals surface area contributed by atoms with E-state index < -0.39 is 17.6 Å². The van der Waals surface area contributed by atoms with Gasteiger partial charge in [0.05, 0.1) is 5.67 Å². The fourth-order valence-electron chi connectivity index (χ4n) is 2.11. The first-order chi connectivity index (χ1) is 9.99. The second-order valence-electron chi connectivity index (χ2n) is 4.34. The quantitative estimate of drug-likeness (QED) is 0.504. The topological polar surface area (TPSA) is 81.4 Å². The SMILES string of the molecule is CCO[Si](OCC)(OCC)C(N)CC[Si](OC)(OC)OC. The molecular formula is C12H31NO6Si2. The molecule has 0 aromatic heterocycles. The summed E-state index contributed by atoms with van der Waals surface area (Å²) < 4.78 is 33.6. The standard InChI is InChI=1S/C12H31NO6Si2/c1-7-17-21(18-8-2,19-9-3)12(13)10-11-20(14-4,15-5)16-6/h12H,7-11,13H2,1-6H3. The van der Waals surface area contributed by atoms with Crippen molar-refractivity contribution in [2.45, 2.75) is 38.9 Å². The van der Waals surface area contributed by atoms with Crippen LogP contribution in [0.15, 0.2) is 0 Å². The Balaban J connectivity index is 4.90. The highest BCUT2D eigenvalue weighted by Crippen LogP contribution is 2.22. The summed E-state index contributed by atoms with van der Waals surface area (Å²) in [5.41, 5.74) is 5.98. The first-order valence-corrected chi connectivity index (χ1v) is 11.1. The zero-order valence-electron chi connectivity index (χ0n) is 14.1. The normalized spacial score (nSPS) is 14.4. The van der Waals surface area contributed by atoms with Crippen LogP contribution < -0.4 is 5.73 Å². The van der Waals surface area contributed by atoms with Crippen LogP contribution in [0.2, 0.25) is 6.04 Å². The Kier molecular flexibility index (Phi) is 10.9. The summed E-state index contributed by atoms with van der Waals surface area (Å²) in [4.78, 5) is 0. The van der Waals surface area contributed by atoms with E-state index in [4.69, 9.17) is 32.3 Å². The molecule has 0 saturated heterocycles. The Hall–Kier alpha value is 0.154. The maximum absolute atomic E-state index is 6.32. The van der Waals surface area contributed by atoms with Gasteiger partial charge in [-0.05, 0) is 27.2 Å². The summed E-state index contributed by atoms with van der Waals surface area (Å²) in [5.74, 6) is 0. The van der Waals surface area contributed by atoms with Crippen molar-refractivity contribution in [2.24, 2.45) is 5.73 Å². The van der Waals surface area contributed by atoms with Crippen LogP contribution in [-0.4, -0.2) is 64.4 Å². The van der Waals surface area contributed by atoms with Crippen LogP contribution in [0.4, 0.5) is 0 Å². The van der Waals surface area contributed by atoms with Crippen molar-refractivity contribution in [3.05, 3.63) is 0 Å². The van der Waals surface area contributed by atoms with E-state index in [-0.39, 0.29) is 5.67 Å². The summed E-state index contributed by atoms with van der Waals surface area (Å²) in [7, 11) is -0.797. The van der Waals surface area contributed by atoms with Gasteiger partial charge in [0.1, 0.15) is 0 Å². The number of hydrogen-bond acceptors (Lipinski definition) is 7. The maximum atomic E-state index is 6.32. The third-order valence-electron chi connectivity index (χ3n) is 3.19. The monoisotopic (exact) mass is 341 g/mol. The zero-order valence-corrected chi connectivity index (χ0v) is 16.1. The molecule has 0 heterocycles. The lowest BCUT2D eigenvalue weighted by molar-refractivity contribution is 0.0607. The van der Waals surface area contributed by atoms with Crippen LogP contribution in [0.1, 0.15) is 27.2 Å². The highest BCUT2D eigenvalue weighted by atomic mass is 28.4. The lowest BCUT2D eigenvalue weighted by Crippen LogP contribution is -2.61. The third kappa shape index (κ3) is 6.04. The van der Waals surface area contributed by atoms with Gasteiger partial charge in [-0.25, -0.2) is 0 Å². The molecule has 0 bridgehead atoms. The van der Waals surface area contributed by atoms with Gasteiger partial charge in [0, 0.05) is 47.2 Å². The summed E-state index contributed by atoms with van der Waals surface area (Å²) in [6.07, 6.45) is 0.591. The van der Waals surface area contributed by atoms with Crippen molar-refractivity contribution >= 4 is 17.6 Å². The number of nitrogens with two attached hydrogens (primary N) is 1. The molecule has 0 aliphatic heterocycles. The highest BCUT2D eigenvalue weighted by molar-refractivity contribution is 6.63. The molecule has 0 aliphatic rings. The van der Waals surface area contributed by atoms with E-state index in [0.717, 1.165) is 0 Å². The Bertz CT molecular complexity index is 243. The lowest BCUT2D eigenvalue weighted by Gasteiger charge is -2.34. The molecule has 128 valence electrons. The van der Waals surface area contributed by atoms with Crippen molar-refractivity contribution < 1.29 is 26.6 Å². The zero-order chi connectivity index (χ0) is 16.4. The first kappa shape index (κ1) is 21.2. The fourth-order valence-corrected chi connectivity index (χ4v) is 6.78. The van der Waals surface area contributed by atoms with E-state index in [2.05, 4.69) is 0 Å². The fraction of sp³-hybridized carbons (Fsp3) is 1.00. The van der Waals surface area contributed by atoms with Gasteiger partial charge in [-0.2, -0.15) is 0 Å². The van der Waals surface area contributed by atoms with Crippen molar-refractivity contribution in [2.75, 3.05) is 41.2 Å². The van der Waals surface area contributed by atoms with Crippen LogP contribution in [-0.2, 0) is 26.6 Å². The van der Waals surface area contributed by atoms with E-state index in [1.54, 1.807) is 21.3 Å². The molecule has 9 heteroatoms. The molecular weight excluding hydrogens is 310 g/mol. The van der Waals surface area contributed by atoms with Gasteiger partial charge in [-0.1, -0.05) is 0 Å². The predicted octanol–water partition coefficient (Wildman–Crippen LogP) is 1.17. The largest absolute Gasteiger partial charge is 0.518 e. The second-order valence-corrected chi connectivity index (χ2v) is 10.2. The van der Waals surface area contributed by atoms with Crippen molar-refractivity contribution in [3.8, 4) is 0 Å². The molecule has 0 spiro atoms. The molecule has 0 aliphatic carbocycles. The molecule has 1 unspecified atom stereocenters. The lowest BCUT2D eigenvalue weighted by atomic mass is 10.5. The third-order valence-corrected chi connectivity index (χ3v) is 9.22. The van der Waals surface area contributed by atoms with E-state index >= 15 is 0 Å². The summed E-state index contributed by atoms with van der Waals surface area (Å²) in [6.45, 7) is 7.23. The predicted molar refractivity (Wildman–Crippen MR) is 84.8 cm³/mol. The Morgan fingerprint density at radius 2 is 1.19 bits per heavy atom. The molecule has 0 aromatic rings. The molecule has 0 saturated carbocycles. The summed E-state index contributed by atoms with van der Waals surface area (Å²) >= 11 is 0. The molecule has 0 fully saturated rings. The van der Waals surface area contributed by atoms with Crippen molar-refractivity contribution in [1.82, 2.24) is 0 Å². The molecule has 1 atom stereocenters. The van der Waals surface area contributed by atoms with Crippen LogP contribution in [0, 0.1) is 0 Å². The minimum Gasteiger partial charge on any atom is -0.377 e. The van der Waals surface area contributed by atoms with E-state index in [1.807, 2.05) is 20.8 Å². The average molecular weight is 342 g/mol. The van der Waals surface area contributed by atoms with Gasteiger partial charge in [0.25, 0.3) is 0 Å². The molecule has 0 aromatic carbocycles. The van der Waals surface area contributed by atoms with Crippen LogP contribution in [0.3, 0.4) is 0 Å². The van der Waals surface area contributed by atoms with E-state index in [0.29, 0.717) is 32.3 Å². The molecule has 0 radical (unpaired) electrons. The molecule has 0 amide bonds. The van der Waals surface area contributed by atoms with E-state index in [1.165, 1.54) is 0 Å². The Morgan fingerprint density at radius 1 is 0.810 bits per heavy atom. The Labute approximate surface area is 130 Å². The minimum atomic E-state index is -2.90. The number of rotatable bonds is 13. The molecule has 7 nitrogen and oxygen atoms in total. The van der Waals surface area contributed by atoms with Gasteiger partial charge >= 0.3 is 17.6 Å². The molecule has 2 N–H and O–H groups in total. The number of hydrogen-bond donors (Lipinski definition) is 1. The molecule has 21 heavy (non-hydrogen) atoms. The second kappa shape index (κ2) is 10.8. The van der Waals surface area contributed by atoms with Crippen LogP contribution in [0.5, 0.6) is 0 Å². The van der Waals surface area contributed by atoms with Crippen LogP contribution >= 0.6 is 0 Å². The summed E-state index contributed by atoms with van der Waals surface area (Å²) in [6, 6.07) is 0.583. The van der Waals surface area contributed by atoms with E-state index in [9.17, 15) is 0 Å². The summed E-state index contributed by atoms with van der Waals surface area (Å²) in [5, 5.41) is 0. The van der Waals surface area contributed by atoms with Gasteiger partial charge in [0.15, 0.2) is 0 Å². The maximum Gasteiger partial charge on any atom is 0.518 e. The van der Waals surface area contributed by atoms with Crippen LogP contribution in [0.25, 0.3) is 0 Å². The minimum absolute atomic E-state index is 0.343. The molecule has 0 rings (SSSR count). The van der Waals surface area contributed by atoms with Gasteiger partial charge < -0.3 is 32.3 Å². The average Bonchev–Trinajstić information content (AvgIpc) is 2.49. The highest BCUT2D eigenvalue weighted by Gasteiger charge is 2.49. The van der Waals surface area contributed by atoms with Gasteiger partial charge in [-0.15, -0.1) is 0 Å².